The van der Waals surface area contributed by atoms with Crippen molar-refractivity contribution in [2.45, 2.75) is 65.8 Å². The number of nitrogens with one attached hydrogen (secondary N) is 1. The van der Waals surface area contributed by atoms with E-state index in [0.717, 1.165) is 0 Å². The van der Waals surface area contributed by atoms with Crippen LogP contribution in [0.2, 0.25) is 0 Å². The van der Waals surface area contributed by atoms with E-state index in [-0.39, 0.29) is 11.0 Å². The van der Waals surface area contributed by atoms with Crippen LogP contribution in [0.15, 0.2) is 0 Å². The first-order chi connectivity index (χ1) is 5.87. The van der Waals surface area contributed by atoms with E-state index in [0.29, 0.717) is 0 Å². The van der Waals surface area contributed by atoms with Gasteiger partial charge in [0.25, 0.3) is 0 Å². The van der Waals surface area contributed by atoms with Gasteiger partial charge in [0.15, 0.2) is 0 Å². The number of hydrogen-bond donors (Lipinski definition) is 2. The predicted octanol–water partition coefficient (Wildman–Crippen LogP) is 2.83. The third kappa shape index (κ3) is 3.65. The van der Waals surface area contributed by atoms with E-state index in [4.69, 9.17) is 5.84 Å². The van der Waals surface area contributed by atoms with Crippen molar-refractivity contribution in [1.29, 1.82) is 0 Å². The molecule has 0 unspecified atom stereocenters. The fourth-order valence-electron chi connectivity index (χ4n) is 1.32. The van der Waals surface area contributed by atoms with Gasteiger partial charge in [-0.25, -0.2) is 0 Å². The molecule has 0 amide bonds. The zero-order chi connectivity index (χ0) is 10.5. The van der Waals surface area contributed by atoms with Gasteiger partial charge >= 0.3 is 0 Å². The van der Waals surface area contributed by atoms with Gasteiger partial charge in [0.2, 0.25) is 0 Å². The standard InChI is InChI=1S/C11H26N2/c1-6-7-8-9-10(2,3)11(4,5)13-12/h13H,6-9,12H2,1-5H3. The summed E-state index contributed by atoms with van der Waals surface area (Å²) < 4.78 is 0. The summed E-state index contributed by atoms with van der Waals surface area (Å²) in [7, 11) is 0. The second-order valence-corrected chi connectivity index (χ2v) is 5.11. The topological polar surface area (TPSA) is 38.0 Å². The summed E-state index contributed by atoms with van der Waals surface area (Å²) in [5.74, 6) is 5.55. The maximum absolute atomic E-state index is 5.55. The molecule has 3 N–H and O–H groups in total. The van der Waals surface area contributed by atoms with Gasteiger partial charge in [-0.1, -0.05) is 40.0 Å². The van der Waals surface area contributed by atoms with Crippen LogP contribution < -0.4 is 11.3 Å². The highest BCUT2D eigenvalue weighted by atomic mass is 15.3. The molecule has 80 valence electrons. The number of unbranched alkanes of at least 4 members (excludes halogenated alkanes) is 2. The first-order valence-electron chi connectivity index (χ1n) is 5.35. The summed E-state index contributed by atoms with van der Waals surface area (Å²) in [6.45, 7) is 11.1. The molecule has 0 saturated carbocycles. The molecule has 2 nitrogen and oxygen atoms in total. The highest BCUT2D eigenvalue weighted by molar-refractivity contribution is 4.91. The van der Waals surface area contributed by atoms with Crippen LogP contribution in [-0.2, 0) is 0 Å². The summed E-state index contributed by atoms with van der Waals surface area (Å²) in [6, 6.07) is 0. The van der Waals surface area contributed by atoms with Crippen molar-refractivity contribution in [2.24, 2.45) is 11.3 Å². The normalized spacial score (nSPS) is 13.4. The molecule has 0 fully saturated rings. The Labute approximate surface area is 83.2 Å². The van der Waals surface area contributed by atoms with Crippen LogP contribution in [0.25, 0.3) is 0 Å². The molecule has 0 atom stereocenters. The van der Waals surface area contributed by atoms with Gasteiger partial charge in [0.1, 0.15) is 0 Å². The van der Waals surface area contributed by atoms with Crippen LogP contribution in [0, 0.1) is 5.41 Å². The average molecular weight is 186 g/mol. The molecule has 0 rings (SSSR count). The van der Waals surface area contributed by atoms with E-state index < -0.39 is 0 Å². The molecule has 0 aromatic carbocycles. The Balaban J connectivity index is 4.06. The van der Waals surface area contributed by atoms with E-state index in [2.05, 4.69) is 40.0 Å². The highest BCUT2D eigenvalue weighted by Gasteiger charge is 2.35. The minimum absolute atomic E-state index is 0.0146. The summed E-state index contributed by atoms with van der Waals surface area (Å²) in [5.41, 5.74) is 3.18. The molecule has 13 heavy (non-hydrogen) atoms. The zero-order valence-electron chi connectivity index (χ0n) is 9.91. The molecule has 0 heterocycles. The monoisotopic (exact) mass is 186 g/mol. The number of rotatable bonds is 6. The Bertz CT molecular complexity index is 139. The Morgan fingerprint density at radius 2 is 1.62 bits per heavy atom. The van der Waals surface area contributed by atoms with Crippen LogP contribution in [-0.4, -0.2) is 5.54 Å². The molecule has 0 aromatic rings. The maximum atomic E-state index is 5.55. The first kappa shape index (κ1) is 12.9. The molecule has 0 radical (unpaired) electrons. The van der Waals surface area contributed by atoms with Crippen LogP contribution in [0.4, 0.5) is 0 Å². The Morgan fingerprint density at radius 1 is 1.08 bits per heavy atom. The van der Waals surface area contributed by atoms with E-state index in [9.17, 15) is 0 Å². The van der Waals surface area contributed by atoms with E-state index in [1.54, 1.807) is 0 Å². The maximum Gasteiger partial charge on any atom is 0.0315 e. The molecule has 0 bridgehead atoms. The summed E-state index contributed by atoms with van der Waals surface area (Å²) in [6.07, 6.45) is 5.14. The van der Waals surface area contributed by atoms with Crippen LogP contribution in [0.1, 0.15) is 60.3 Å². The molecule has 0 aromatic heterocycles. The van der Waals surface area contributed by atoms with Crippen molar-refractivity contribution in [3.8, 4) is 0 Å². The fourth-order valence-corrected chi connectivity index (χ4v) is 1.32. The van der Waals surface area contributed by atoms with E-state index in [1.807, 2.05) is 0 Å². The van der Waals surface area contributed by atoms with Gasteiger partial charge in [0.05, 0.1) is 0 Å². The van der Waals surface area contributed by atoms with Crippen molar-refractivity contribution in [3.05, 3.63) is 0 Å². The fraction of sp³-hybridized carbons (Fsp3) is 1.00. The zero-order valence-corrected chi connectivity index (χ0v) is 9.91. The van der Waals surface area contributed by atoms with Crippen molar-refractivity contribution in [3.63, 3.8) is 0 Å². The number of hydrogen-bond acceptors (Lipinski definition) is 2. The lowest BCUT2D eigenvalue weighted by molar-refractivity contribution is 0.138. The molecule has 0 aliphatic heterocycles. The molecule has 0 spiro atoms. The summed E-state index contributed by atoms with van der Waals surface area (Å²) in [5, 5.41) is 0. The Kier molecular flexibility index (Phi) is 4.93. The largest absolute Gasteiger partial charge is 0.271 e. The molecular weight excluding hydrogens is 160 g/mol. The lowest BCUT2D eigenvalue weighted by Crippen LogP contribution is -2.54. The summed E-state index contributed by atoms with van der Waals surface area (Å²) >= 11 is 0. The van der Waals surface area contributed by atoms with Crippen LogP contribution in [0.5, 0.6) is 0 Å². The highest BCUT2D eigenvalue weighted by Crippen LogP contribution is 2.35. The molecule has 0 aliphatic rings. The van der Waals surface area contributed by atoms with E-state index >= 15 is 0 Å². The number of nitrogens with two attached hydrogens (primary N) is 1. The van der Waals surface area contributed by atoms with Gasteiger partial charge in [0, 0.05) is 5.54 Å². The lowest BCUT2D eigenvalue weighted by atomic mass is 9.71. The van der Waals surface area contributed by atoms with E-state index in [1.165, 1.54) is 25.7 Å². The third-order valence-corrected chi connectivity index (χ3v) is 3.46. The van der Waals surface area contributed by atoms with Crippen LogP contribution >= 0.6 is 0 Å². The quantitative estimate of drug-likeness (QED) is 0.380. The molecule has 0 aliphatic carbocycles. The van der Waals surface area contributed by atoms with Crippen LogP contribution in [0.3, 0.4) is 0 Å². The first-order valence-corrected chi connectivity index (χ1v) is 5.35. The smallest absolute Gasteiger partial charge is 0.0315 e. The molecule has 2 heteroatoms. The van der Waals surface area contributed by atoms with Gasteiger partial charge in [-0.2, -0.15) is 0 Å². The lowest BCUT2D eigenvalue weighted by Gasteiger charge is -2.41. The van der Waals surface area contributed by atoms with Crippen molar-refractivity contribution in [1.82, 2.24) is 5.43 Å². The van der Waals surface area contributed by atoms with Crippen molar-refractivity contribution in [2.75, 3.05) is 0 Å². The van der Waals surface area contributed by atoms with Gasteiger partial charge in [-0.3, -0.25) is 11.3 Å². The molecule has 0 saturated heterocycles. The van der Waals surface area contributed by atoms with Gasteiger partial charge in [-0.15, -0.1) is 0 Å². The SMILES string of the molecule is CCCCCC(C)(C)C(C)(C)NN. The number of hydrazine groups is 1. The molecular formula is C11H26N2. The van der Waals surface area contributed by atoms with Crippen molar-refractivity contribution < 1.29 is 0 Å². The van der Waals surface area contributed by atoms with Gasteiger partial charge < -0.3 is 0 Å². The second-order valence-electron chi connectivity index (χ2n) is 5.11. The predicted molar refractivity (Wildman–Crippen MR) is 59.3 cm³/mol. The van der Waals surface area contributed by atoms with Gasteiger partial charge in [-0.05, 0) is 25.7 Å². The third-order valence-electron chi connectivity index (χ3n) is 3.46. The average Bonchev–Trinajstić information content (AvgIpc) is 2.04. The minimum atomic E-state index is 0.0146. The minimum Gasteiger partial charge on any atom is -0.271 e. The Hall–Kier alpha value is -0.0800. The second kappa shape index (κ2) is 4.97. The van der Waals surface area contributed by atoms with Crippen molar-refractivity contribution >= 4 is 0 Å². The Morgan fingerprint density at radius 3 is 2.00 bits per heavy atom. The summed E-state index contributed by atoms with van der Waals surface area (Å²) in [4.78, 5) is 0.